The van der Waals surface area contributed by atoms with E-state index in [0.717, 1.165) is 11.3 Å². The highest BCUT2D eigenvalue weighted by Crippen LogP contribution is 2.14. The second-order valence-corrected chi connectivity index (χ2v) is 4.02. The summed E-state index contributed by atoms with van der Waals surface area (Å²) in [4.78, 5) is 22.0. The predicted molar refractivity (Wildman–Crippen MR) is 65.4 cm³/mol. The molecule has 2 aromatic rings. The van der Waals surface area contributed by atoms with Crippen LogP contribution in [0, 0.1) is 0 Å². The van der Waals surface area contributed by atoms with Crippen molar-refractivity contribution < 1.29 is 0 Å². The summed E-state index contributed by atoms with van der Waals surface area (Å²) in [5.74, 6) is 0. The molecule has 2 heterocycles. The maximum absolute atomic E-state index is 11.4. The van der Waals surface area contributed by atoms with Gasteiger partial charge in [-0.1, -0.05) is 0 Å². The number of aromatic nitrogens is 3. The highest BCUT2D eigenvalue weighted by molar-refractivity contribution is 5.57. The zero-order valence-electron chi connectivity index (χ0n) is 9.55. The minimum Gasteiger partial charge on any atom is -0.328 e. The Kier molecular flexibility index (Phi) is 3.30. The van der Waals surface area contributed by atoms with Crippen LogP contribution in [0.1, 0.15) is 12.6 Å². The van der Waals surface area contributed by atoms with Crippen LogP contribution in [0.2, 0.25) is 0 Å². The molecule has 2 rings (SSSR count). The number of H-pyrrole nitrogens is 1. The fraction of sp³-hybridized carbons (Fsp3) is 0.250. The van der Waals surface area contributed by atoms with Crippen molar-refractivity contribution in [1.29, 1.82) is 0 Å². The first kappa shape index (κ1) is 11.5. The van der Waals surface area contributed by atoms with Crippen molar-refractivity contribution in [1.82, 2.24) is 15.0 Å². The monoisotopic (exact) mass is 230 g/mol. The summed E-state index contributed by atoms with van der Waals surface area (Å²) >= 11 is 0. The zero-order chi connectivity index (χ0) is 12.3. The Labute approximate surface area is 98.7 Å². The molecule has 0 aliphatic heterocycles. The molecule has 0 amide bonds. The van der Waals surface area contributed by atoms with Crippen LogP contribution in [-0.4, -0.2) is 21.0 Å². The number of hydrogen-bond donors (Lipinski definition) is 2. The molecule has 5 heteroatoms. The van der Waals surface area contributed by atoms with Crippen LogP contribution in [0.5, 0.6) is 0 Å². The number of nitrogens with two attached hydrogens (primary N) is 1. The quantitative estimate of drug-likeness (QED) is 0.813. The number of hydrogen-bond acceptors (Lipinski definition) is 4. The molecule has 0 spiro atoms. The molecular formula is C12H14N4O. The van der Waals surface area contributed by atoms with Crippen LogP contribution in [0.4, 0.5) is 0 Å². The van der Waals surface area contributed by atoms with Crippen molar-refractivity contribution in [3.05, 3.63) is 46.8 Å². The summed E-state index contributed by atoms with van der Waals surface area (Å²) in [7, 11) is 0. The van der Waals surface area contributed by atoms with Gasteiger partial charge in [-0.15, -0.1) is 0 Å². The number of aromatic amines is 1. The molecule has 0 fully saturated rings. The normalized spacial score (nSPS) is 12.4. The smallest absolute Gasteiger partial charge is 0.328 e. The molecule has 0 saturated heterocycles. The SMILES string of the molecule is CC(N)Cc1cc(-c2cccnc2)nc(=O)[nH]1. The fourth-order valence-corrected chi connectivity index (χ4v) is 1.63. The first-order valence-electron chi connectivity index (χ1n) is 5.41. The molecule has 1 unspecified atom stereocenters. The van der Waals surface area contributed by atoms with E-state index in [1.54, 1.807) is 12.4 Å². The first-order chi connectivity index (χ1) is 8.15. The maximum atomic E-state index is 11.4. The summed E-state index contributed by atoms with van der Waals surface area (Å²) in [5.41, 5.74) is 7.59. The second-order valence-electron chi connectivity index (χ2n) is 4.02. The van der Waals surface area contributed by atoms with Gasteiger partial charge in [0, 0.05) is 36.1 Å². The van der Waals surface area contributed by atoms with Crippen LogP contribution in [0.3, 0.4) is 0 Å². The van der Waals surface area contributed by atoms with E-state index in [2.05, 4.69) is 15.0 Å². The van der Waals surface area contributed by atoms with Gasteiger partial charge in [0.2, 0.25) is 0 Å². The summed E-state index contributed by atoms with van der Waals surface area (Å²) in [5, 5.41) is 0. The number of nitrogens with one attached hydrogen (secondary N) is 1. The molecule has 0 radical (unpaired) electrons. The van der Waals surface area contributed by atoms with E-state index in [0.29, 0.717) is 12.1 Å². The molecule has 1 atom stereocenters. The molecule has 0 bridgehead atoms. The average molecular weight is 230 g/mol. The summed E-state index contributed by atoms with van der Waals surface area (Å²) in [6.07, 6.45) is 3.97. The van der Waals surface area contributed by atoms with E-state index in [1.807, 2.05) is 25.1 Å². The van der Waals surface area contributed by atoms with E-state index in [-0.39, 0.29) is 11.7 Å². The third-order valence-electron chi connectivity index (χ3n) is 2.30. The van der Waals surface area contributed by atoms with Gasteiger partial charge in [0.15, 0.2) is 0 Å². The van der Waals surface area contributed by atoms with Crippen molar-refractivity contribution in [3.63, 3.8) is 0 Å². The van der Waals surface area contributed by atoms with Gasteiger partial charge < -0.3 is 10.7 Å². The molecule has 88 valence electrons. The van der Waals surface area contributed by atoms with Gasteiger partial charge in [-0.3, -0.25) is 4.98 Å². The topological polar surface area (TPSA) is 84.7 Å². The number of nitrogens with zero attached hydrogens (tertiary/aromatic N) is 2. The number of rotatable bonds is 3. The Morgan fingerprint density at radius 1 is 1.53 bits per heavy atom. The van der Waals surface area contributed by atoms with Crippen LogP contribution in [-0.2, 0) is 6.42 Å². The third kappa shape index (κ3) is 2.98. The molecule has 0 saturated carbocycles. The van der Waals surface area contributed by atoms with Gasteiger partial charge in [0.05, 0.1) is 5.69 Å². The first-order valence-corrected chi connectivity index (χ1v) is 5.41. The Morgan fingerprint density at radius 3 is 3.00 bits per heavy atom. The van der Waals surface area contributed by atoms with Gasteiger partial charge in [-0.2, -0.15) is 4.98 Å². The van der Waals surface area contributed by atoms with Crippen LogP contribution in [0.25, 0.3) is 11.3 Å². The van der Waals surface area contributed by atoms with E-state index in [1.165, 1.54) is 0 Å². The highest BCUT2D eigenvalue weighted by atomic mass is 16.1. The lowest BCUT2D eigenvalue weighted by Crippen LogP contribution is -2.22. The molecule has 0 aliphatic carbocycles. The van der Waals surface area contributed by atoms with E-state index >= 15 is 0 Å². The molecule has 17 heavy (non-hydrogen) atoms. The van der Waals surface area contributed by atoms with Gasteiger partial charge in [0.1, 0.15) is 0 Å². The van der Waals surface area contributed by atoms with Crippen molar-refractivity contribution in [2.24, 2.45) is 5.73 Å². The minimum atomic E-state index is -0.359. The van der Waals surface area contributed by atoms with Crippen molar-refractivity contribution in [2.75, 3.05) is 0 Å². The lowest BCUT2D eigenvalue weighted by Gasteiger charge is -2.06. The zero-order valence-corrected chi connectivity index (χ0v) is 9.55. The second kappa shape index (κ2) is 4.88. The lowest BCUT2D eigenvalue weighted by molar-refractivity contribution is 0.716. The van der Waals surface area contributed by atoms with Crippen molar-refractivity contribution in [2.45, 2.75) is 19.4 Å². The van der Waals surface area contributed by atoms with Crippen LogP contribution >= 0.6 is 0 Å². The number of pyridine rings is 1. The molecule has 0 aliphatic rings. The lowest BCUT2D eigenvalue weighted by atomic mass is 10.1. The average Bonchev–Trinajstić information content (AvgIpc) is 2.28. The van der Waals surface area contributed by atoms with Gasteiger partial charge in [0.25, 0.3) is 0 Å². The van der Waals surface area contributed by atoms with E-state index < -0.39 is 0 Å². The van der Waals surface area contributed by atoms with Crippen molar-refractivity contribution in [3.8, 4) is 11.3 Å². The van der Waals surface area contributed by atoms with Gasteiger partial charge in [-0.25, -0.2) is 4.79 Å². The molecular weight excluding hydrogens is 216 g/mol. The van der Waals surface area contributed by atoms with Crippen LogP contribution in [0.15, 0.2) is 35.4 Å². The summed E-state index contributed by atoms with van der Waals surface area (Å²) in [6, 6.07) is 5.50. The molecule has 3 N–H and O–H groups in total. The largest absolute Gasteiger partial charge is 0.345 e. The Hall–Kier alpha value is -2.01. The third-order valence-corrected chi connectivity index (χ3v) is 2.30. The highest BCUT2D eigenvalue weighted by Gasteiger charge is 2.05. The van der Waals surface area contributed by atoms with Crippen molar-refractivity contribution >= 4 is 0 Å². The standard InChI is InChI=1S/C12H14N4O/c1-8(13)5-10-6-11(16-12(17)15-10)9-3-2-4-14-7-9/h2-4,6-8H,5,13H2,1H3,(H,15,16,17). The Balaban J connectivity index is 2.42. The fourth-order valence-electron chi connectivity index (χ4n) is 1.63. The van der Waals surface area contributed by atoms with Crippen LogP contribution < -0.4 is 11.4 Å². The van der Waals surface area contributed by atoms with Gasteiger partial charge >= 0.3 is 5.69 Å². The predicted octanol–water partition coefficient (Wildman–Crippen LogP) is 0.722. The Morgan fingerprint density at radius 2 is 2.35 bits per heavy atom. The molecule has 0 aromatic carbocycles. The maximum Gasteiger partial charge on any atom is 0.345 e. The molecule has 5 nitrogen and oxygen atoms in total. The van der Waals surface area contributed by atoms with Gasteiger partial charge in [-0.05, 0) is 25.1 Å². The van der Waals surface area contributed by atoms with E-state index in [4.69, 9.17) is 5.73 Å². The molecule has 2 aromatic heterocycles. The van der Waals surface area contributed by atoms with E-state index in [9.17, 15) is 4.79 Å². The Bertz CT molecular complexity index is 548. The summed E-state index contributed by atoms with van der Waals surface area (Å²) in [6.45, 7) is 1.89. The minimum absolute atomic E-state index is 0.00482. The summed E-state index contributed by atoms with van der Waals surface area (Å²) < 4.78 is 0.